The number of carbonyl (C=O) groups excluding carboxylic acids is 1. The summed E-state index contributed by atoms with van der Waals surface area (Å²) >= 11 is 5.62. The minimum Gasteiger partial charge on any atom is -0.429 e. The molecule has 0 spiro atoms. The highest BCUT2D eigenvalue weighted by molar-refractivity contribution is 6.17. The van der Waals surface area contributed by atoms with E-state index in [9.17, 15) is 4.79 Å². The molecule has 114 valence electrons. The van der Waals surface area contributed by atoms with Crippen molar-refractivity contribution in [3.63, 3.8) is 0 Å². The van der Waals surface area contributed by atoms with Crippen LogP contribution in [-0.2, 0) is 9.47 Å². The molecular formula is C16H25ClO3. The third-order valence-electron chi connectivity index (χ3n) is 3.39. The summed E-state index contributed by atoms with van der Waals surface area (Å²) < 4.78 is 10.2. The lowest BCUT2D eigenvalue weighted by Crippen LogP contribution is -2.29. The maximum atomic E-state index is 11.2. The lowest BCUT2D eigenvalue weighted by molar-refractivity contribution is 0.0880. The Bertz CT molecular complexity index is 345. The van der Waals surface area contributed by atoms with Crippen molar-refractivity contribution >= 4 is 17.8 Å². The van der Waals surface area contributed by atoms with Crippen LogP contribution in [0, 0.1) is 11.8 Å². The van der Waals surface area contributed by atoms with Gasteiger partial charge in [0, 0.05) is 18.7 Å². The smallest absolute Gasteiger partial charge is 0.429 e. The van der Waals surface area contributed by atoms with Crippen LogP contribution in [0.1, 0.15) is 64.7 Å². The van der Waals surface area contributed by atoms with Crippen LogP contribution in [0.15, 0.2) is 0 Å². The van der Waals surface area contributed by atoms with E-state index in [-0.39, 0.29) is 6.61 Å². The molecule has 1 aliphatic heterocycles. The molecule has 1 fully saturated rings. The number of ether oxygens (including phenoxy) is 2. The fourth-order valence-corrected chi connectivity index (χ4v) is 2.34. The Balaban J connectivity index is 2.35. The number of cyclic esters (lactones) is 2. The van der Waals surface area contributed by atoms with Gasteiger partial charge in [0.05, 0.1) is 0 Å². The van der Waals surface area contributed by atoms with Crippen molar-refractivity contribution < 1.29 is 14.3 Å². The molecule has 1 aliphatic rings. The third kappa shape index (κ3) is 6.52. The first-order valence-electron chi connectivity index (χ1n) is 7.64. The standard InChI is InChI=1S/C16H25ClO3/c1-2-3-4-5-6-8-11-16(12-9-7-10-13-17)14-19-15(18)20-16/h2-8,10-11,13-14H2,1H3. The summed E-state index contributed by atoms with van der Waals surface area (Å²) in [5.74, 6) is 6.75. The van der Waals surface area contributed by atoms with Crippen LogP contribution in [0.5, 0.6) is 0 Å². The van der Waals surface area contributed by atoms with Gasteiger partial charge >= 0.3 is 6.16 Å². The van der Waals surface area contributed by atoms with E-state index in [1.165, 1.54) is 25.7 Å². The molecule has 0 aromatic heterocycles. The molecule has 0 aromatic carbocycles. The Morgan fingerprint density at radius 2 is 1.95 bits per heavy atom. The fraction of sp³-hybridized carbons (Fsp3) is 0.812. The average molecular weight is 301 g/mol. The number of hydrogen-bond acceptors (Lipinski definition) is 3. The fourth-order valence-electron chi connectivity index (χ4n) is 2.21. The van der Waals surface area contributed by atoms with Crippen molar-refractivity contribution in [3.05, 3.63) is 0 Å². The second-order valence-electron chi connectivity index (χ2n) is 5.25. The summed E-state index contributed by atoms with van der Waals surface area (Å²) in [6.07, 6.45) is 8.99. The van der Waals surface area contributed by atoms with Gasteiger partial charge in [-0.25, -0.2) is 4.79 Å². The van der Waals surface area contributed by atoms with Crippen LogP contribution < -0.4 is 0 Å². The van der Waals surface area contributed by atoms with Crippen molar-refractivity contribution in [2.45, 2.75) is 70.3 Å². The molecular weight excluding hydrogens is 276 g/mol. The van der Waals surface area contributed by atoms with Gasteiger partial charge in [-0.2, -0.15) is 0 Å². The highest BCUT2D eigenvalue weighted by Crippen LogP contribution is 2.26. The first-order valence-corrected chi connectivity index (χ1v) is 8.17. The van der Waals surface area contributed by atoms with Gasteiger partial charge in [-0.05, 0) is 12.8 Å². The zero-order chi connectivity index (χ0) is 14.7. The molecule has 0 aliphatic carbocycles. The van der Waals surface area contributed by atoms with E-state index in [0.29, 0.717) is 5.88 Å². The summed E-state index contributed by atoms with van der Waals surface area (Å²) in [6, 6.07) is 0. The van der Waals surface area contributed by atoms with Gasteiger partial charge in [-0.1, -0.05) is 50.9 Å². The van der Waals surface area contributed by atoms with Crippen molar-refractivity contribution in [2.75, 3.05) is 12.5 Å². The van der Waals surface area contributed by atoms with Gasteiger partial charge in [0.25, 0.3) is 0 Å². The Morgan fingerprint density at radius 3 is 2.60 bits per heavy atom. The van der Waals surface area contributed by atoms with E-state index in [1.54, 1.807) is 0 Å². The molecule has 1 saturated heterocycles. The molecule has 1 heterocycles. The molecule has 4 heteroatoms. The second kappa shape index (κ2) is 9.94. The normalized spacial score (nSPS) is 21.0. The summed E-state index contributed by atoms with van der Waals surface area (Å²) in [5, 5.41) is 0. The van der Waals surface area contributed by atoms with Crippen molar-refractivity contribution in [3.8, 4) is 11.8 Å². The first kappa shape index (κ1) is 17.2. The SMILES string of the molecule is CCCCCCCCC1(C#CCCCCl)COC(=O)O1. The zero-order valence-corrected chi connectivity index (χ0v) is 13.1. The van der Waals surface area contributed by atoms with E-state index >= 15 is 0 Å². The topological polar surface area (TPSA) is 35.5 Å². The molecule has 0 N–H and O–H groups in total. The van der Waals surface area contributed by atoms with Gasteiger partial charge in [0.2, 0.25) is 5.60 Å². The second-order valence-corrected chi connectivity index (χ2v) is 5.63. The van der Waals surface area contributed by atoms with E-state index < -0.39 is 11.8 Å². The maximum Gasteiger partial charge on any atom is 0.510 e. The Hall–Kier alpha value is -0.880. The molecule has 0 aromatic rings. The van der Waals surface area contributed by atoms with E-state index in [1.807, 2.05) is 0 Å². The van der Waals surface area contributed by atoms with Crippen molar-refractivity contribution in [1.82, 2.24) is 0 Å². The van der Waals surface area contributed by atoms with Crippen LogP contribution >= 0.6 is 11.6 Å². The molecule has 0 saturated carbocycles. The summed E-state index contributed by atoms with van der Waals surface area (Å²) in [5.41, 5.74) is -0.714. The van der Waals surface area contributed by atoms with Gasteiger partial charge in [-0.15, -0.1) is 11.6 Å². The van der Waals surface area contributed by atoms with Gasteiger partial charge in [-0.3, -0.25) is 0 Å². The van der Waals surface area contributed by atoms with E-state index in [2.05, 4.69) is 18.8 Å². The number of alkyl halides is 1. The summed E-state index contributed by atoms with van der Waals surface area (Å²) in [6.45, 7) is 2.47. The zero-order valence-electron chi connectivity index (χ0n) is 12.4. The van der Waals surface area contributed by atoms with Crippen LogP contribution in [0.3, 0.4) is 0 Å². The number of halogens is 1. The number of carbonyl (C=O) groups is 1. The minimum absolute atomic E-state index is 0.259. The molecule has 0 amide bonds. The lowest BCUT2D eigenvalue weighted by atomic mass is 9.96. The highest BCUT2D eigenvalue weighted by Gasteiger charge is 2.40. The third-order valence-corrected chi connectivity index (χ3v) is 3.65. The Kier molecular flexibility index (Phi) is 8.53. The Morgan fingerprint density at radius 1 is 1.20 bits per heavy atom. The number of hydrogen-bond donors (Lipinski definition) is 0. The number of unbranched alkanes of at least 4 members (excludes halogenated alkanes) is 6. The largest absolute Gasteiger partial charge is 0.510 e. The monoisotopic (exact) mass is 300 g/mol. The molecule has 1 unspecified atom stereocenters. The van der Waals surface area contributed by atoms with Crippen molar-refractivity contribution in [1.29, 1.82) is 0 Å². The molecule has 0 bridgehead atoms. The van der Waals surface area contributed by atoms with Crippen LogP contribution in [-0.4, -0.2) is 24.2 Å². The lowest BCUT2D eigenvalue weighted by Gasteiger charge is -2.18. The van der Waals surface area contributed by atoms with E-state index in [4.69, 9.17) is 21.1 Å². The maximum absolute atomic E-state index is 11.2. The van der Waals surface area contributed by atoms with Gasteiger partial charge in [0.1, 0.15) is 6.61 Å². The van der Waals surface area contributed by atoms with Crippen LogP contribution in [0.4, 0.5) is 4.79 Å². The molecule has 1 rings (SSSR count). The minimum atomic E-state index is -0.714. The molecule has 1 atom stereocenters. The average Bonchev–Trinajstić information content (AvgIpc) is 2.81. The van der Waals surface area contributed by atoms with Gasteiger partial charge in [0.15, 0.2) is 0 Å². The van der Waals surface area contributed by atoms with E-state index in [0.717, 1.165) is 32.1 Å². The molecule has 20 heavy (non-hydrogen) atoms. The summed E-state index contributed by atoms with van der Waals surface area (Å²) in [7, 11) is 0. The predicted octanol–water partition coefficient (Wildman–Crippen LogP) is 4.67. The molecule has 3 nitrogen and oxygen atoms in total. The highest BCUT2D eigenvalue weighted by atomic mass is 35.5. The quantitative estimate of drug-likeness (QED) is 0.269. The predicted molar refractivity (Wildman–Crippen MR) is 80.9 cm³/mol. The Labute approximate surface area is 127 Å². The molecule has 0 radical (unpaired) electrons. The first-order chi connectivity index (χ1) is 9.72. The van der Waals surface area contributed by atoms with Crippen LogP contribution in [0.25, 0.3) is 0 Å². The van der Waals surface area contributed by atoms with Crippen LogP contribution in [0.2, 0.25) is 0 Å². The number of rotatable bonds is 9. The van der Waals surface area contributed by atoms with Crippen molar-refractivity contribution in [2.24, 2.45) is 0 Å². The summed E-state index contributed by atoms with van der Waals surface area (Å²) in [4.78, 5) is 11.2. The van der Waals surface area contributed by atoms with Gasteiger partial charge < -0.3 is 9.47 Å².